The lowest BCUT2D eigenvalue weighted by Crippen LogP contribution is -2.48. The van der Waals surface area contributed by atoms with Crippen molar-refractivity contribution in [3.8, 4) is 0 Å². The first-order chi connectivity index (χ1) is 12.2. The summed E-state index contributed by atoms with van der Waals surface area (Å²) in [5.41, 5.74) is 8.17. The van der Waals surface area contributed by atoms with Gasteiger partial charge in [-0.15, -0.1) is 11.3 Å². The van der Waals surface area contributed by atoms with Crippen LogP contribution in [0.4, 0.5) is 5.69 Å². The Labute approximate surface area is 151 Å². The van der Waals surface area contributed by atoms with Gasteiger partial charge in [-0.05, 0) is 11.6 Å². The third-order valence-electron chi connectivity index (χ3n) is 4.74. The topological polar surface area (TPSA) is 49.6 Å². The predicted octanol–water partition coefficient (Wildman–Crippen LogP) is 3.44. The third kappa shape index (κ3) is 3.25. The quantitative estimate of drug-likeness (QED) is 0.786. The number of fused-ring (bicyclic) bond motifs is 1. The van der Waals surface area contributed by atoms with E-state index in [1.54, 1.807) is 0 Å². The van der Waals surface area contributed by atoms with Gasteiger partial charge in [0.05, 0.1) is 5.69 Å². The molecule has 0 unspecified atom stereocenters. The van der Waals surface area contributed by atoms with Crippen LogP contribution in [0.3, 0.4) is 0 Å². The molecular formula is C20H21N3OS. The molecule has 4 nitrogen and oxygen atoms in total. The molecule has 128 valence electrons. The standard InChI is InChI=1S/C20H21N3OS/c21-18-16-8-4-5-9-17(16)25-19(18)20(24)23-12-10-22(11-13-23)14-15-6-2-1-3-7-15/h1-9H,10-14,21H2. The molecule has 3 aromatic rings. The van der Waals surface area contributed by atoms with E-state index in [1.165, 1.54) is 16.9 Å². The number of nitrogen functional groups attached to an aromatic ring is 1. The molecule has 1 fully saturated rings. The maximum absolute atomic E-state index is 12.9. The molecule has 2 N–H and O–H groups in total. The van der Waals surface area contributed by atoms with Crippen molar-refractivity contribution in [2.24, 2.45) is 0 Å². The highest BCUT2D eigenvalue weighted by Crippen LogP contribution is 2.34. The number of thiophene rings is 1. The van der Waals surface area contributed by atoms with Crippen LogP contribution >= 0.6 is 11.3 Å². The van der Waals surface area contributed by atoms with E-state index < -0.39 is 0 Å². The van der Waals surface area contributed by atoms with E-state index in [0.29, 0.717) is 10.6 Å². The molecule has 0 spiro atoms. The Kier molecular flexibility index (Phi) is 4.42. The fourth-order valence-corrected chi connectivity index (χ4v) is 4.41. The minimum absolute atomic E-state index is 0.0676. The van der Waals surface area contributed by atoms with Gasteiger partial charge in [0, 0.05) is 42.8 Å². The van der Waals surface area contributed by atoms with E-state index in [1.807, 2.05) is 35.2 Å². The number of nitrogens with zero attached hydrogens (tertiary/aromatic N) is 2. The molecule has 1 amide bonds. The van der Waals surface area contributed by atoms with Crippen molar-refractivity contribution in [2.45, 2.75) is 6.54 Å². The summed E-state index contributed by atoms with van der Waals surface area (Å²) in [6.07, 6.45) is 0. The number of hydrogen-bond donors (Lipinski definition) is 1. The van der Waals surface area contributed by atoms with E-state index in [-0.39, 0.29) is 5.91 Å². The minimum atomic E-state index is 0.0676. The molecule has 5 heteroatoms. The molecule has 4 rings (SSSR count). The number of piperazine rings is 1. The summed E-state index contributed by atoms with van der Waals surface area (Å²) in [5.74, 6) is 0.0676. The van der Waals surface area contributed by atoms with Gasteiger partial charge in [0.2, 0.25) is 0 Å². The van der Waals surface area contributed by atoms with Crippen molar-refractivity contribution in [2.75, 3.05) is 31.9 Å². The molecular weight excluding hydrogens is 330 g/mol. The molecule has 1 aliphatic heterocycles. The van der Waals surface area contributed by atoms with Crippen LogP contribution in [0.1, 0.15) is 15.2 Å². The number of carbonyl (C=O) groups is 1. The predicted molar refractivity (Wildman–Crippen MR) is 104 cm³/mol. The van der Waals surface area contributed by atoms with Gasteiger partial charge in [-0.3, -0.25) is 9.69 Å². The summed E-state index contributed by atoms with van der Waals surface area (Å²) in [6, 6.07) is 18.4. The lowest BCUT2D eigenvalue weighted by Gasteiger charge is -2.34. The highest BCUT2D eigenvalue weighted by molar-refractivity contribution is 7.21. The molecule has 0 radical (unpaired) electrons. The van der Waals surface area contributed by atoms with Gasteiger partial charge in [0.1, 0.15) is 4.88 Å². The Morgan fingerprint density at radius 3 is 2.36 bits per heavy atom. The number of amides is 1. The van der Waals surface area contributed by atoms with E-state index in [9.17, 15) is 4.79 Å². The second-order valence-corrected chi connectivity index (χ2v) is 7.45. The van der Waals surface area contributed by atoms with Crippen LogP contribution in [0.5, 0.6) is 0 Å². The van der Waals surface area contributed by atoms with Crippen LogP contribution in [0, 0.1) is 0 Å². The molecule has 25 heavy (non-hydrogen) atoms. The maximum Gasteiger partial charge on any atom is 0.266 e. The Morgan fingerprint density at radius 1 is 0.960 bits per heavy atom. The van der Waals surface area contributed by atoms with Crippen LogP contribution in [-0.2, 0) is 6.54 Å². The Bertz CT molecular complexity index is 882. The Hall–Kier alpha value is -2.37. The Balaban J connectivity index is 1.43. The van der Waals surface area contributed by atoms with Crippen LogP contribution in [0.15, 0.2) is 54.6 Å². The second kappa shape index (κ2) is 6.86. The molecule has 1 saturated heterocycles. The van der Waals surface area contributed by atoms with Crippen LogP contribution in [0.2, 0.25) is 0 Å². The highest BCUT2D eigenvalue weighted by Gasteiger charge is 2.25. The van der Waals surface area contributed by atoms with Gasteiger partial charge >= 0.3 is 0 Å². The van der Waals surface area contributed by atoms with Crippen LogP contribution in [-0.4, -0.2) is 41.9 Å². The summed E-state index contributed by atoms with van der Waals surface area (Å²) in [4.78, 5) is 17.9. The third-order valence-corrected chi connectivity index (χ3v) is 5.91. The zero-order chi connectivity index (χ0) is 17.2. The minimum Gasteiger partial charge on any atom is -0.397 e. The first-order valence-electron chi connectivity index (χ1n) is 8.55. The summed E-state index contributed by atoms with van der Waals surface area (Å²) in [5, 5.41) is 0.985. The molecule has 2 heterocycles. The summed E-state index contributed by atoms with van der Waals surface area (Å²) >= 11 is 1.50. The first-order valence-corrected chi connectivity index (χ1v) is 9.36. The van der Waals surface area contributed by atoms with Gasteiger partial charge in [0.15, 0.2) is 0 Å². The molecule has 0 aliphatic carbocycles. The van der Waals surface area contributed by atoms with Crippen molar-refractivity contribution >= 4 is 33.0 Å². The summed E-state index contributed by atoms with van der Waals surface area (Å²) in [6.45, 7) is 4.23. The highest BCUT2D eigenvalue weighted by atomic mass is 32.1. The van der Waals surface area contributed by atoms with Gasteiger partial charge in [-0.2, -0.15) is 0 Å². The molecule has 0 bridgehead atoms. The van der Waals surface area contributed by atoms with Gasteiger partial charge in [-0.25, -0.2) is 0 Å². The maximum atomic E-state index is 12.9. The summed E-state index contributed by atoms with van der Waals surface area (Å²) < 4.78 is 1.08. The molecule has 0 atom stereocenters. The van der Waals surface area contributed by atoms with E-state index in [4.69, 9.17) is 5.73 Å². The number of hydrogen-bond acceptors (Lipinski definition) is 4. The van der Waals surface area contributed by atoms with E-state index >= 15 is 0 Å². The Morgan fingerprint density at radius 2 is 1.64 bits per heavy atom. The van der Waals surface area contributed by atoms with Crippen molar-refractivity contribution < 1.29 is 4.79 Å². The van der Waals surface area contributed by atoms with Crippen molar-refractivity contribution in [3.63, 3.8) is 0 Å². The number of benzene rings is 2. The van der Waals surface area contributed by atoms with Gasteiger partial charge in [-0.1, -0.05) is 48.5 Å². The molecule has 0 saturated carbocycles. The summed E-state index contributed by atoms with van der Waals surface area (Å²) in [7, 11) is 0. The number of anilines is 1. The SMILES string of the molecule is Nc1c(C(=O)N2CCN(Cc3ccccc3)CC2)sc2ccccc12. The zero-order valence-corrected chi connectivity index (χ0v) is 14.8. The van der Waals surface area contributed by atoms with Crippen molar-refractivity contribution in [3.05, 3.63) is 65.0 Å². The largest absolute Gasteiger partial charge is 0.397 e. The smallest absolute Gasteiger partial charge is 0.266 e. The van der Waals surface area contributed by atoms with Crippen molar-refractivity contribution in [1.82, 2.24) is 9.80 Å². The van der Waals surface area contributed by atoms with Crippen LogP contribution < -0.4 is 5.73 Å². The average molecular weight is 351 g/mol. The normalized spacial score (nSPS) is 15.6. The van der Waals surface area contributed by atoms with Gasteiger partial charge in [0.25, 0.3) is 5.91 Å². The van der Waals surface area contributed by atoms with E-state index in [0.717, 1.165) is 42.8 Å². The van der Waals surface area contributed by atoms with E-state index in [2.05, 4.69) is 29.2 Å². The lowest BCUT2D eigenvalue weighted by molar-refractivity contribution is 0.0634. The average Bonchev–Trinajstić information content (AvgIpc) is 3.00. The number of rotatable bonds is 3. The zero-order valence-electron chi connectivity index (χ0n) is 14.0. The van der Waals surface area contributed by atoms with Gasteiger partial charge < -0.3 is 10.6 Å². The fraction of sp³-hybridized carbons (Fsp3) is 0.250. The lowest BCUT2D eigenvalue weighted by atomic mass is 10.2. The molecule has 2 aromatic carbocycles. The number of nitrogens with two attached hydrogens (primary N) is 1. The first kappa shape index (κ1) is 16.1. The molecule has 1 aromatic heterocycles. The fourth-order valence-electron chi connectivity index (χ4n) is 3.32. The van der Waals surface area contributed by atoms with Crippen LogP contribution in [0.25, 0.3) is 10.1 Å². The van der Waals surface area contributed by atoms with Crippen molar-refractivity contribution in [1.29, 1.82) is 0 Å². The second-order valence-electron chi connectivity index (χ2n) is 6.39. The monoisotopic (exact) mass is 351 g/mol. The number of carbonyl (C=O) groups excluding carboxylic acids is 1. The molecule has 1 aliphatic rings.